The van der Waals surface area contributed by atoms with E-state index < -0.39 is 5.82 Å². The number of nitrogens with one attached hydrogen (secondary N) is 1. The number of phenolic OH excluding ortho intramolecular Hbond substituents is 1. The van der Waals surface area contributed by atoms with Gasteiger partial charge in [-0.3, -0.25) is 0 Å². The standard InChI is InChI=1S/C12H15BrFNO/c13-10-6-9(7-11(14)12(10)16)5-8-1-3-15-4-2-8/h6-8,15-16H,1-5H2. The molecule has 0 amide bonds. The number of benzene rings is 1. The third kappa shape index (κ3) is 2.74. The number of phenols is 1. The van der Waals surface area contributed by atoms with Gasteiger partial charge < -0.3 is 10.4 Å². The average molecular weight is 288 g/mol. The fourth-order valence-corrected chi connectivity index (χ4v) is 2.64. The maximum Gasteiger partial charge on any atom is 0.166 e. The van der Waals surface area contributed by atoms with Crippen molar-refractivity contribution in [3.05, 3.63) is 28.0 Å². The lowest BCUT2D eigenvalue weighted by Crippen LogP contribution is -2.28. The molecule has 0 bridgehead atoms. The molecule has 1 saturated heterocycles. The summed E-state index contributed by atoms with van der Waals surface area (Å²) in [7, 11) is 0. The van der Waals surface area contributed by atoms with Gasteiger partial charge in [0.15, 0.2) is 11.6 Å². The van der Waals surface area contributed by atoms with Gasteiger partial charge in [0.2, 0.25) is 0 Å². The fourth-order valence-electron chi connectivity index (χ4n) is 2.16. The highest BCUT2D eigenvalue weighted by molar-refractivity contribution is 9.10. The smallest absolute Gasteiger partial charge is 0.166 e. The van der Waals surface area contributed by atoms with Crippen molar-refractivity contribution in [1.29, 1.82) is 0 Å². The lowest BCUT2D eigenvalue weighted by atomic mass is 9.91. The van der Waals surface area contributed by atoms with Crippen LogP contribution in [0.2, 0.25) is 0 Å². The van der Waals surface area contributed by atoms with E-state index in [0.717, 1.165) is 37.9 Å². The second kappa shape index (κ2) is 5.15. The molecule has 16 heavy (non-hydrogen) atoms. The average Bonchev–Trinajstić information content (AvgIpc) is 2.27. The predicted molar refractivity (Wildman–Crippen MR) is 65.1 cm³/mol. The molecule has 0 unspecified atom stereocenters. The van der Waals surface area contributed by atoms with Gasteiger partial charge in [0.25, 0.3) is 0 Å². The summed E-state index contributed by atoms with van der Waals surface area (Å²) in [4.78, 5) is 0. The zero-order valence-electron chi connectivity index (χ0n) is 8.97. The van der Waals surface area contributed by atoms with Crippen LogP contribution >= 0.6 is 15.9 Å². The monoisotopic (exact) mass is 287 g/mol. The Morgan fingerprint density at radius 3 is 2.69 bits per heavy atom. The Hall–Kier alpha value is -0.610. The molecule has 1 heterocycles. The minimum absolute atomic E-state index is 0.297. The molecule has 2 N–H and O–H groups in total. The van der Waals surface area contributed by atoms with E-state index in [2.05, 4.69) is 21.2 Å². The van der Waals surface area contributed by atoms with E-state index in [9.17, 15) is 9.50 Å². The van der Waals surface area contributed by atoms with Crippen LogP contribution in [0.5, 0.6) is 5.75 Å². The maximum absolute atomic E-state index is 13.3. The normalized spacial score (nSPS) is 17.6. The zero-order chi connectivity index (χ0) is 11.5. The summed E-state index contributed by atoms with van der Waals surface area (Å²) >= 11 is 3.16. The Bertz CT molecular complexity index is 354. The van der Waals surface area contributed by atoms with Gasteiger partial charge in [-0.1, -0.05) is 0 Å². The molecule has 0 atom stereocenters. The number of aromatic hydroxyl groups is 1. The molecule has 2 rings (SSSR count). The Morgan fingerprint density at radius 2 is 2.06 bits per heavy atom. The van der Waals surface area contributed by atoms with Gasteiger partial charge in [-0.2, -0.15) is 0 Å². The van der Waals surface area contributed by atoms with E-state index >= 15 is 0 Å². The second-order valence-electron chi connectivity index (χ2n) is 4.31. The summed E-state index contributed by atoms with van der Waals surface area (Å²) in [5, 5.41) is 12.6. The van der Waals surface area contributed by atoms with E-state index in [1.54, 1.807) is 6.07 Å². The van der Waals surface area contributed by atoms with Crippen molar-refractivity contribution in [2.24, 2.45) is 5.92 Å². The summed E-state index contributed by atoms with van der Waals surface area (Å²) in [6, 6.07) is 3.24. The molecule has 4 heteroatoms. The number of hydrogen-bond acceptors (Lipinski definition) is 2. The molecule has 1 aromatic rings. The van der Waals surface area contributed by atoms with Crippen LogP contribution in [0.3, 0.4) is 0 Å². The van der Waals surface area contributed by atoms with Crippen molar-refractivity contribution < 1.29 is 9.50 Å². The zero-order valence-corrected chi connectivity index (χ0v) is 10.6. The van der Waals surface area contributed by atoms with Crippen LogP contribution in [-0.4, -0.2) is 18.2 Å². The highest BCUT2D eigenvalue weighted by Gasteiger charge is 2.15. The lowest BCUT2D eigenvalue weighted by molar-refractivity contribution is 0.371. The van der Waals surface area contributed by atoms with Crippen molar-refractivity contribution in [1.82, 2.24) is 5.32 Å². The molecular weight excluding hydrogens is 273 g/mol. The molecule has 1 aliphatic rings. The van der Waals surface area contributed by atoms with Crippen LogP contribution in [0.1, 0.15) is 18.4 Å². The molecule has 1 aromatic carbocycles. The van der Waals surface area contributed by atoms with Crippen LogP contribution in [-0.2, 0) is 6.42 Å². The number of hydrogen-bond donors (Lipinski definition) is 2. The van der Waals surface area contributed by atoms with E-state index in [4.69, 9.17) is 0 Å². The highest BCUT2D eigenvalue weighted by atomic mass is 79.9. The SMILES string of the molecule is Oc1c(F)cc(CC2CCNCC2)cc1Br. The van der Waals surface area contributed by atoms with Crippen molar-refractivity contribution in [2.75, 3.05) is 13.1 Å². The van der Waals surface area contributed by atoms with Crippen molar-refractivity contribution in [3.8, 4) is 5.75 Å². The van der Waals surface area contributed by atoms with Crippen molar-refractivity contribution in [3.63, 3.8) is 0 Å². The van der Waals surface area contributed by atoms with Crippen molar-refractivity contribution >= 4 is 15.9 Å². The Kier molecular flexibility index (Phi) is 3.82. The van der Waals surface area contributed by atoms with E-state index in [-0.39, 0.29) is 5.75 Å². The maximum atomic E-state index is 13.3. The summed E-state index contributed by atoms with van der Waals surface area (Å²) < 4.78 is 13.7. The Labute approximate surface area is 103 Å². The van der Waals surface area contributed by atoms with Gasteiger partial charge >= 0.3 is 0 Å². The topological polar surface area (TPSA) is 32.3 Å². The third-order valence-electron chi connectivity index (χ3n) is 3.06. The molecular formula is C12H15BrFNO. The largest absolute Gasteiger partial charge is 0.504 e. The van der Waals surface area contributed by atoms with Crippen LogP contribution in [0, 0.1) is 11.7 Å². The summed E-state index contributed by atoms with van der Waals surface area (Å²) in [5.74, 6) is -0.218. The van der Waals surface area contributed by atoms with Gasteiger partial charge in [0, 0.05) is 0 Å². The van der Waals surface area contributed by atoms with Crippen LogP contribution in [0.15, 0.2) is 16.6 Å². The van der Waals surface area contributed by atoms with Gasteiger partial charge in [-0.05, 0) is 71.9 Å². The van der Waals surface area contributed by atoms with Gasteiger partial charge in [0.1, 0.15) is 0 Å². The van der Waals surface area contributed by atoms with Gasteiger partial charge in [-0.15, -0.1) is 0 Å². The predicted octanol–water partition coefficient (Wildman–Crippen LogP) is 2.84. The molecule has 1 fully saturated rings. The van der Waals surface area contributed by atoms with Crippen LogP contribution < -0.4 is 5.32 Å². The van der Waals surface area contributed by atoms with Crippen LogP contribution in [0.4, 0.5) is 4.39 Å². The van der Waals surface area contributed by atoms with Crippen molar-refractivity contribution in [2.45, 2.75) is 19.3 Å². The number of halogens is 2. The Morgan fingerprint density at radius 1 is 1.38 bits per heavy atom. The summed E-state index contributed by atoms with van der Waals surface area (Å²) in [6.07, 6.45) is 3.16. The third-order valence-corrected chi connectivity index (χ3v) is 3.66. The van der Waals surface area contributed by atoms with E-state index in [0.29, 0.717) is 10.4 Å². The molecule has 2 nitrogen and oxygen atoms in total. The molecule has 0 aromatic heterocycles. The van der Waals surface area contributed by atoms with Gasteiger partial charge in [-0.25, -0.2) is 4.39 Å². The molecule has 0 saturated carbocycles. The molecule has 88 valence electrons. The summed E-state index contributed by atoms with van der Waals surface area (Å²) in [5.41, 5.74) is 0.953. The first-order valence-electron chi connectivity index (χ1n) is 5.54. The molecule has 0 radical (unpaired) electrons. The lowest BCUT2D eigenvalue weighted by Gasteiger charge is -2.22. The molecule has 0 aliphatic carbocycles. The fraction of sp³-hybridized carbons (Fsp3) is 0.500. The first-order chi connectivity index (χ1) is 7.66. The minimum Gasteiger partial charge on any atom is -0.504 e. The molecule has 0 spiro atoms. The highest BCUT2D eigenvalue weighted by Crippen LogP contribution is 2.30. The van der Waals surface area contributed by atoms with Crippen LogP contribution in [0.25, 0.3) is 0 Å². The number of rotatable bonds is 2. The minimum atomic E-state index is -0.543. The first kappa shape index (κ1) is 11.9. The molecule has 1 aliphatic heterocycles. The number of piperidine rings is 1. The van der Waals surface area contributed by atoms with E-state index in [1.807, 2.05) is 0 Å². The summed E-state index contributed by atoms with van der Waals surface area (Å²) in [6.45, 7) is 2.10. The van der Waals surface area contributed by atoms with E-state index in [1.165, 1.54) is 6.07 Å². The quantitative estimate of drug-likeness (QED) is 0.877. The van der Waals surface area contributed by atoms with Gasteiger partial charge in [0.05, 0.1) is 4.47 Å². The second-order valence-corrected chi connectivity index (χ2v) is 5.16. The Balaban J connectivity index is 2.09. The first-order valence-corrected chi connectivity index (χ1v) is 6.33.